The Kier molecular flexibility index (Phi) is 4.48. The molecular formula is C15H26N4O. The molecule has 1 saturated carbocycles. The molecule has 0 aromatic carbocycles. The van der Waals surface area contributed by atoms with Crippen molar-refractivity contribution in [2.75, 3.05) is 17.7 Å². The number of aliphatic hydroxyl groups excluding tert-OH is 1. The van der Waals surface area contributed by atoms with E-state index in [-0.39, 0.29) is 18.1 Å². The molecule has 2 atom stereocenters. The van der Waals surface area contributed by atoms with Crippen molar-refractivity contribution < 1.29 is 5.11 Å². The van der Waals surface area contributed by atoms with Gasteiger partial charge in [0, 0.05) is 30.0 Å². The predicted octanol–water partition coefficient (Wildman–Crippen LogP) is 2.32. The highest BCUT2D eigenvalue weighted by atomic mass is 16.3. The molecule has 0 spiro atoms. The van der Waals surface area contributed by atoms with E-state index in [1.807, 2.05) is 0 Å². The van der Waals surface area contributed by atoms with E-state index in [0.717, 1.165) is 24.5 Å². The molecule has 5 heteroatoms. The Labute approximate surface area is 121 Å². The highest BCUT2D eigenvalue weighted by molar-refractivity contribution is 5.46. The van der Waals surface area contributed by atoms with Crippen molar-refractivity contribution in [3.05, 3.63) is 11.9 Å². The molecule has 1 aliphatic rings. The van der Waals surface area contributed by atoms with Crippen molar-refractivity contribution in [3.63, 3.8) is 0 Å². The summed E-state index contributed by atoms with van der Waals surface area (Å²) in [5.74, 6) is 2.31. The number of nitrogens with two attached hydrogens (primary N) is 1. The molecule has 0 amide bonds. The van der Waals surface area contributed by atoms with Crippen LogP contribution in [0.2, 0.25) is 0 Å². The van der Waals surface area contributed by atoms with Crippen LogP contribution in [0, 0.1) is 5.92 Å². The average molecular weight is 278 g/mol. The first kappa shape index (κ1) is 15.0. The van der Waals surface area contributed by atoms with Gasteiger partial charge in [0.15, 0.2) is 0 Å². The Morgan fingerprint density at radius 3 is 2.65 bits per heavy atom. The van der Waals surface area contributed by atoms with Crippen LogP contribution in [0.15, 0.2) is 6.07 Å². The molecule has 1 aliphatic carbocycles. The maximum Gasteiger partial charge on any atom is 0.138 e. The van der Waals surface area contributed by atoms with E-state index >= 15 is 0 Å². The Bertz CT molecular complexity index is 456. The van der Waals surface area contributed by atoms with Crippen molar-refractivity contribution in [1.82, 2.24) is 9.97 Å². The van der Waals surface area contributed by atoms with Gasteiger partial charge in [0.05, 0.1) is 0 Å². The van der Waals surface area contributed by atoms with E-state index in [9.17, 15) is 5.11 Å². The number of hydrogen-bond acceptors (Lipinski definition) is 5. The standard InChI is InChI=1S/C15H26N4O/c1-15(2,3)14-18-12(16)8-13(19-14)17-11-7-5-4-6-10(11)9-20/h8,10-11,20H,4-7,9H2,1-3H3,(H3,16,17,18,19). The summed E-state index contributed by atoms with van der Waals surface area (Å²) >= 11 is 0. The number of nitrogens with zero attached hydrogens (tertiary/aromatic N) is 2. The van der Waals surface area contributed by atoms with Crippen molar-refractivity contribution in [3.8, 4) is 0 Å². The molecule has 20 heavy (non-hydrogen) atoms. The van der Waals surface area contributed by atoms with Crippen LogP contribution in [0.4, 0.5) is 11.6 Å². The van der Waals surface area contributed by atoms with E-state index in [0.29, 0.717) is 11.7 Å². The summed E-state index contributed by atoms with van der Waals surface area (Å²) in [6.07, 6.45) is 4.53. The minimum absolute atomic E-state index is 0.130. The lowest BCUT2D eigenvalue weighted by Gasteiger charge is -2.31. The molecule has 112 valence electrons. The van der Waals surface area contributed by atoms with E-state index in [1.165, 1.54) is 12.8 Å². The third-order valence-electron chi connectivity index (χ3n) is 3.89. The highest BCUT2D eigenvalue weighted by Crippen LogP contribution is 2.28. The minimum atomic E-state index is -0.130. The first-order valence-corrected chi connectivity index (χ1v) is 7.42. The summed E-state index contributed by atoms with van der Waals surface area (Å²) in [5.41, 5.74) is 5.76. The molecule has 2 rings (SSSR count). The highest BCUT2D eigenvalue weighted by Gasteiger charge is 2.25. The summed E-state index contributed by atoms with van der Waals surface area (Å²) < 4.78 is 0. The van der Waals surface area contributed by atoms with Crippen molar-refractivity contribution in [1.29, 1.82) is 0 Å². The second kappa shape index (κ2) is 5.95. The van der Waals surface area contributed by atoms with Crippen LogP contribution in [-0.4, -0.2) is 27.7 Å². The fraction of sp³-hybridized carbons (Fsp3) is 0.733. The number of hydrogen-bond donors (Lipinski definition) is 3. The third-order valence-corrected chi connectivity index (χ3v) is 3.89. The van der Waals surface area contributed by atoms with Crippen LogP contribution in [-0.2, 0) is 5.41 Å². The molecule has 1 heterocycles. The number of rotatable bonds is 3. The van der Waals surface area contributed by atoms with Gasteiger partial charge in [-0.25, -0.2) is 9.97 Å². The fourth-order valence-electron chi connectivity index (χ4n) is 2.68. The molecule has 0 saturated heterocycles. The first-order valence-electron chi connectivity index (χ1n) is 7.42. The monoisotopic (exact) mass is 278 g/mol. The lowest BCUT2D eigenvalue weighted by Crippen LogP contribution is -2.35. The number of aromatic nitrogens is 2. The predicted molar refractivity (Wildman–Crippen MR) is 81.6 cm³/mol. The molecule has 1 fully saturated rings. The average Bonchev–Trinajstić information content (AvgIpc) is 2.37. The molecule has 1 aromatic rings. The van der Waals surface area contributed by atoms with E-state index in [1.54, 1.807) is 6.07 Å². The molecule has 0 aliphatic heterocycles. The molecule has 0 radical (unpaired) electrons. The zero-order valence-electron chi connectivity index (χ0n) is 12.7. The van der Waals surface area contributed by atoms with Crippen LogP contribution in [0.25, 0.3) is 0 Å². The zero-order chi connectivity index (χ0) is 14.8. The van der Waals surface area contributed by atoms with Gasteiger partial charge in [0.25, 0.3) is 0 Å². The van der Waals surface area contributed by atoms with Gasteiger partial charge in [-0.3, -0.25) is 0 Å². The first-order chi connectivity index (χ1) is 9.40. The zero-order valence-corrected chi connectivity index (χ0v) is 12.7. The molecule has 1 aromatic heterocycles. The van der Waals surface area contributed by atoms with E-state index < -0.39 is 0 Å². The topological polar surface area (TPSA) is 84.1 Å². The normalized spacial score (nSPS) is 23.6. The number of aliphatic hydroxyl groups is 1. The van der Waals surface area contributed by atoms with Gasteiger partial charge in [0.1, 0.15) is 17.5 Å². The lowest BCUT2D eigenvalue weighted by atomic mass is 9.85. The van der Waals surface area contributed by atoms with Crippen molar-refractivity contribution in [2.24, 2.45) is 5.92 Å². The smallest absolute Gasteiger partial charge is 0.138 e. The molecule has 2 unspecified atom stereocenters. The molecule has 4 N–H and O–H groups in total. The Morgan fingerprint density at radius 1 is 1.30 bits per heavy atom. The third kappa shape index (κ3) is 3.60. The second-order valence-corrected chi connectivity index (χ2v) is 6.73. The Morgan fingerprint density at radius 2 is 2.00 bits per heavy atom. The molecule has 0 bridgehead atoms. The maximum atomic E-state index is 9.48. The van der Waals surface area contributed by atoms with E-state index in [4.69, 9.17) is 5.73 Å². The van der Waals surface area contributed by atoms with Crippen LogP contribution in [0.1, 0.15) is 52.3 Å². The summed E-state index contributed by atoms with van der Waals surface area (Å²) in [7, 11) is 0. The maximum absolute atomic E-state index is 9.48. The number of nitrogens with one attached hydrogen (secondary N) is 1. The summed E-state index contributed by atoms with van der Waals surface area (Å²) in [6, 6.07) is 2.05. The quantitative estimate of drug-likeness (QED) is 0.790. The van der Waals surface area contributed by atoms with Gasteiger partial charge in [-0.05, 0) is 12.8 Å². The van der Waals surface area contributed by atoms with Crippen LogP contribution in [0.5, 0.6) is 0 Å². The van der Waals surface area contributed by atoms with Gasteiger partial charge < -0.3 is 16.2 Å². The van der Waals surface area contributed by atoms with Crippen LogP contribution in [0.3, 0.4) is 0 Å². The van der Waals surface area contributed by atoms with Gasteiger partial charge in [-0.1, -0.05) is 33.6 Å². The lowest BCUT2D eigenvalue weighted by molar-refractivity contribution is 0.178. The molecule has 5 nitrogen and oxygen atoms in total. The van der Waals surface area contributed by atoms with Gasteiger partial charge in [-0.2, -0.15) is 0 Å². The SMILES string of the molecule is CC(C)(C)c1nc(N)cc(NC2CCCCC2CO)n1. The fourth-order valence-corrected chi connectivity index (χ4v) is 2.68. The Balaban J connectivity index is 2.18. The Hall–Kier alpha value is -1.36. The van der Waals surface area contributed by atoms with Crippen molar-refractivity contribution >= 4 is 11.6 Å². The summed E-state index contributed by atoms with van der Waals surface area (Å²) in [4.78, 5) is 8.90. The summed E-state index contributed by atoms with van der Waals surface area (Å²) in [5, 5.41) is 12.9. The largest absolute Gasteiger partial charge is 0.396 e. The minimum Gasteiger partial charge on any atom is -0.396 e. The van der Waals surface area contributed by atoms with Gasteiger partial charge in [-0.15, -0.1) is 0 Å². The van der Waals surface area contributed by atoms with Crippen LogP contribution < -0.4 is 11.1 Å². The molecular weight excluding hydrogens is 252 g/mol. The van der Waals surface area contributed by atoms with E-state index in [2.05, 4.69) is 36.1 Å². The second-order valence-electron chi connectivity index (χ2n) is 6.73. The van der Waals surface area contributed by atoms with Crippen LogP contribution >= 0.6 is 0 Å². The van der Waals surface area contributed by atoms with Gasteiger partial charge >= 0.3 is 0 Å². The summed E-state index contributed by atoms with van der Waals surface area (Å²) in [6.45, 7) is 6.44. The van der Waals surface area contributed by atoms with Gasteiger partial charge in [0.2, 0.25) is 0 Å². The number of anilines is 2. The van der Waals surface area contributed by atoms with Crippen molar-refractivity contribution in [2.45, 2.75) is 57.9 Å². The number of nitrogen functional groups attached to an aromatic ring is 1.